The summed E-state index contributed by atoms with van der Waals surface area (Å²) in [5.74, 6) is 0.712. The first-order chi connectivity index (χ1) is 17.2. The molecule has 0 saturated heterocycles. The van der Waals surface area contributed by atoms with Crippen LogP contribution in [0.1, 0.15) is 78.2 Å². The van der Waals surface area contributed by atoms with E-state index in [1.165, 1.54) is 32.2 Å². The number of pyridine rings is 1. The molecular weight excluding hydrogens is 472 g/mol. The van der Waals surface area contributed by atoms with Crippen molar-refractivity contribution in [2.75, 3.05) is 25.0 Å². The summed E-state index contributed by atoms with van der Waals surface area (Å²) in [7, 11) is 2.29. The standard InChI is InChI=1S/C29H41ClN4O2/c1-6-34(24-11-9-23(10-12-24)33(5)17-21-7-8-21)27-15-22(30)14-25(20(27)4)28(35)31-16-26-18(2)13-19(3)32-29(26)36/h13-15,21,23-24H,6-12,16-17H2,1-5H3,(H,31,35)(H,32,36)/t23-,24-. The lowest BCUT2D eigenvalue weighted by atomic mass is 9.88. The number of nitrogens with one attached hydrogen (secondary N) is 2. The van der Waals surface area contributed by atoms with Crippen molar-refractivity contribution < 1.29 is 4.79 Å². The molecule has 4 rings (SSSR count). The number of rotatable bonds is 9. The third-order valence-corrected chi connectivity index (χ3v) is 8.35. The zero-order valence-electron chi connectivity index (χ0n) is 22.4. The van der Waals surface area contributed by atoms with Gasteiger partial charge in [0.1, 0.15) is 0 Å². The van der Waals surface area contributed by atoms with Gasteiger partial charge in [-0.15, -0.1) is 0 Å². The van der Waals surface area contributed by atoms with Gasteiger partial charge in [-0.25, -0.2) is 0 Å². The molecule has 1 aromatic carbocycles. The molecule has 2 N–H and O–H groups in total. The predicted octanol–water partition coefficient (Wildman–Crippen LogP) is 5.36. The number of hydrogen-bond acceptors (Lipinski definition) is 4. The molecule has 36 heavy (non-hydrogen) atoms. The molecule has 2 saturated carbocycles. The Bertz CT molecular complexity index is 1150. The highest BCUT2D eigenvalue weighted by Gasteiger charge is 2.31. The van der Waals surface area contributed by atoms with E-state index in [9.17, 15) is 9.59 Å². The molecule has 7 heteroatoms. The van der Waals surface area contributed by atoms with Crippen LogP contribution in [-0.4, -0.2) is 48.0 Å². The van der Waals surface area contributed by atoms with Gasteiger partial charge in [0.15, 0.2) is 0 Å². The number of nitrogens with zero attached hydrogens (tertiary/aromatic N) is 2. The highest BCUT2D eigenvalue weighted by atomic mass is 35.5. The number of carbonyl (C=O) groups is 1. The average Bonchev–Trinajstić information content (AvgIpc) is 3.65. The molecule has 196 valence electrons. The molecule has 2 aliphatic rings. The van der Waals surface area contributed by atoms with Gasteiger partial charge < -0.3 is 20.1 Å². The summed E-state index contributed by atoms with van der Waals surface area (Å²) in [5, 5.41) is 3.50. The Morgan fingerprint density at radius 2 is 1.72 bits per heavy atom. The minimum atomic E-state index is -0.211. The van der Waals surface area contributed by atoms with Crippen molar-refractivity contribution in [2.24, 2.45) is 5.92 Å². The van der Waals surface area contributed by atoms with Crippen molar-refractivity contribution in [3.63, 3.8) is 0 Å². The normalized spacial score (nSPS) is 20.0. The minimum absolute atomic E-state index is 0.160. The van der Waals surface area contributed by atoms with Crippen LogP contribution in [0.25, 0.3) is 0 Å². The second kappa shape index (κ2) is 11.4. The lowest BCUT2D eigenvalue weighted by Gasteiger charge is -2.41. The molecule has 2 fully saturated rings. The van der Waals surface area contributed by atoms with E-state index in [2.05, 4.69) is 34.1 Å². The molecule has 0 unspecified atom stereocenters. The summed E-state index contributed by atoms with van der Waals surface area (Å²) >= 11 is 6.54. The Kier molecular flexibility index (Phi) is 8.46. The summed E-state index contributed by atoms with van der Waals surface area (Å²) < 4.78 is 0. The monoisotopic (exact) mass is 512 g/mol. The number of aryl methyl sites for hydroxylation is 2. The van der Waals surface area contributed by atoms with Crippen molar-refractivity contribution in [3.05, 3.63) is 61.5 Å². The molecule has 0 atom stereocenters. The summed E-state index contributed by atoms with van der Waals surface area (Å²) in [4.78, 5) is 33.4. The lowest BCUT2D eigenvalue weighted by molar-refractivity contribution is 0.0950. The van der Waals surface area contributed by atoms with E-state index in [1.807, 2.05) is 32.9 Å². The number of aromatic nitrogens is 1. The van der Waals surface area contributed by atoms with Crippen molar-refractivity contribution >= 4 is 23.2 Å². The van der Waals surface area contributed by atoms with Crippen LogP contribution in [0, 0.1) is 26.7 Å². The molecule has 1 heterocycles. The van der Waals surface area contributed by atoms with Crippen LogP contribution < -0.4 is 15.8 Å². The number of anilines is 1. The van der Waals surface area contributed by atoms with Gasteiger partial charge in [0, 0.05) is 59.2 Å². The maximum absolute atomic E-state index is 13.2. The van der Waals surface area contributed by atoms with E-state index in [-0.39, 0.29) is 18.0 Å². The number of hydrogen-bond donors (Lipinski definition) is 2. The van der Waals surface area contributed by atoms with Crippen LogP contribution >= 0.6 is 11.6 Å². The second-order valence-electron chi connectivity index (χ2n) is 10.9. The number of aromatic amines is 1. The first-order valence-corrected chi connectivity index (χ1v) is 13.8. The second-order valence-corrected chi connectivity index (χ2v) is 11.3. The number of amides is 1. The molecule has 1 aromatic heterocycles. The van der Waals surface area contributed by atoms with Gasteiger partial charge in [0.2, 0.25) is 0 Å². The van der Waals surface area contributed by atoms with Crippen molar-refractivity contribution in [1.82, 2.24) is 15.2 Å². The summed E-state index contributed by atoms with van der Waals surface area (Å²) in [5.41, 5.74) is 4.63. The molecular formula is C29H41ClN4O2. The fraction of sp³-hybridized carbons (Fsp3) is 0.586. The first-order valence-electron chi connectivity index (χ1n) is 13.4. The summed E-state index contributed by atoms with van der Waals surface area (Å²) in [6.45, 7) is 10.2. The van der Waals surface area contributed by atoms with Crippen LogP contribution in [0.3, 0.4) is 0 Å². The first kappa shape index (κ1) is 26.7. The Morgan fingerprint density at radius 1 is 1.06 bits per heavy atom. The molecule has 0 spiro atoms. The summed E-state index contributed by atoms with van der Waals surface area (Å²) in [6, 6.07) is 6.78. The van der Waals surface area contributed by atoms with Crippen molar-refractivity contribution in [1.29, 1.82) is 0 Å². The topological polar surface area (TPSA) is 68.4 Å². The third-order valence-electron chi connectivity index (χ3n) is 8.13. The van der Waals surface area contributed by atoms with Crippen LogP contribution in [-0.2, 0) is 6.54 Å². The fourth-order valence-corrected chi connectivity index (χ4v) is 6.07. The largest absolute Gasteiger partial charge is 0.369 e. The van der Waals surface area contributed by atoms with Crippen molar-refractivity contribution in [3.8, 4) is 0 Å². The predicted molar refractivity (Wildman–Crippen MR) is 148 cm³/mol. The molecule has 2 aliphatic carbocycles. The maximum Gasteiger partial charge on any atom is 0.253 e. The molecule has 0 radical (unpaired) electrons. The molecule has 6 nitrogen and oxygen atoms in total. The van der Waals surface area contributed by atoms with E-state index < -0.39 is 0 Å². The molecule has 0 aliphatic heterocycles. The molecule has 2 aromatic rings. The Morgan fingerprint density at radius 3 is 2.33 bits per heavy atom. The SMILES string of the molecule is CCN(c1cc(Cl)cc(C(=O)NCc2c(C)cc(C)[nH]c2=O)c1C)[C@H]1CC[C@H](N(C)CC2CC2)CC1. The van der Waals surface area contributed by atoms with Gasteiger partial charge in [0.05, 0.1) is 0 Å². The summed E-state index contributed by atoms with van der Waals surface area (Å²) in [6.07, 6.45) is 7.51. The Labute approximate surface area is 220 Å². The third kappa shape index (κ3) is 6.15. The number of H-pyrrole nitrogens is 1. The highest BCUT2D eigenvalue weighted by molar-refractivity contribution is 6.31. The van der Waals surface area contributed by atoms with Gasteiger partial charge in [-0.1, -0.05) is 11.6 Å². The van der Waals surface area contributed by atoms with E-state index in [1.54, 1.807) is 6.07 Å². The Hall–Kier alpha value is -2.31. The van der Waals surface area contributed by atoms with Crippen LogP contribution in [0.2, 0.25) is 5.02 Å². The molecule has 1 amide bonds. The van der Waals surface area contributed by atoms with Gasteiger partial charge in [-0.05, 0) is 109 Å². The fourth-order valence-electron chi connectivity index (χ4n) is 5.86. The van der Waals surface area contributed by atoms with E-state index in [0.29, 0.717) is 28.2 Å². The number of benzene rings is 1. The average molecular weight is 513 g/mol. The van der Waals surface area contributed by atoms with Crippen molar-refractivity contribution in [2.45, 2.75) is 84.8 Å². The van der Waals surface area contributed by atoms with Gasteiger partial charge in [-0.3, -0.25) is 9.59 Å². The van der Waals surface area contributed by atoms with Gasteiger partial charge >= 0.3 is 0 Å². The van der Waals surface area contributed by atoms with Gasteiger partial charge in [0.25, 0.3) is 11.5 Å². The quantitative estimate of drug-likeness (QED) is 0.474. The van der Waals surface area contributed by atoms with E-state index in [4.69, 9.17) is 11.6 Å². The van der Waals surface area contributed by atoms with Crippen LogP contribution in [0.4, 0.5) is 5.69 Å². The zero-order valence-corrected chi connectivity index (χ0v) is 23.2. The molecule has 0 bridgehead atoms. The van der Waals surface area contributed by atoms with E-state index >= 15 is 0 Å². The van der Waals surface area contributed by atoms with Crippen LogP contribution in [0.5, 0.6) is 0 Å². The van der Waals surface area contributed by atoms with E-state index in [0.717, 1.165) is 47.8 Å². The smallest absolute Gasteiger partial charge is 0.253 e. The zero-order chi connectivity index (χ0) is 26.0. The van der Waals surface area contributed by atoms with Gasteiger partial charge in [-0.2, -0.15) is 0 Å². The minimum Gasteiger partial charge on any atom is -0.369 e. The maximum atomic E-state index is 13.2. The Balaban J connectivity index is 1.47. The highest BCUT2D eigenvalue weighted by Crippen LogP contribution is 2.36. The lowest BCUT2D eigenvalue weighted by Crippen LogP contribution is -2.44. The van der Waals surface area contributed by atoms with Crippen LogP contribution in [0.15, 0.2) is 23.0 Å². The number of carbonyl (C=O) groups excluding carboxylic acids is 1. The number of halogens is 1.